The van der Waals surface area contributed by atoms with Crippen molar-refractivity contribution in [1.82, 2.24) is 0 Å². The third-order valence-corrected chi connectivity index (χ3v) is 10.7. The second kappa shape index (κ2) is 14.3. The van der Waals surface area contributed by atoms with Gasteiger partial charge in [0.25, 0.3) is 0 Å². The molecule has 3 fully saturated rings. The van der Waals surface area contributed by atoms with Crippen LogP contribution in [0.2, 0.25) is 0 Å². The molecule has 0 atom stereocenters. The van der Waals surface area contributed by atoms with Gasteiger partial charge >= 0.3 is 0 Å². The summed E-state index contributed by atoms with van der Waals surface area (Å²) < 4.78 is 46.8. The monoisotopic (exact) mass is 554 g/mol. The van der Waals surface area contributed by atoms with Gasteiger partial charge in [0.2, 0.25) is 0 Å². The van der Waals surface area contributed by atoms with Gasteiger partial charge in [-0.05, 0) is 148 Å². The highest BCUT2D eigenvalue weighted by atomic mass is 19.2. The average molecular weight is 555 g/mol. The first kappa shape index (κ1) is 29.5. The second-order valence-corrected chi connectivity index (χ2v) is 13.3. The predicted molar refractivity (Wildman–Crippen MR) is 157 cm³/mol. The van der Waals surface area contributed by atoms with Gasteiger partial charge < -0.3 is 4.74 Å². The zero-order chi connectivity index (χ0) is 27.9. The van der Waals surface area contributed by atoms with E-state index in [-0.39, 0.29) is 5.92 Å². The summed E-state index contributed by atoms with van der Waals surface area (Å²) in [5, 5.41) is 0. The number of hydrogen-bond acceptors (Lipinski definition) is 1. The van der Waals surface area contributed by atoms with Gasteiger partial charge in [-0.15, -0.1) is 0 Å². The summed E-state index contributed by atoms with van der Waals surface area (Å²) in [5.41, 5.74) is 2.12. The lowest BCUT2D eigenvalue weighted by Gasteiger charge is -2.38. The molecule has 3 aliphatic rings. The van der Waals surface area contributed by atoms with Crippen LogP contribution in [0, 0.1) is 41.1 Å². The van der Waals surface area contributed by atoms with E-state index in [0.29, 0.717) is 5.56 Å². The van der Waals surface area contributed by atoms with E-state index in [2.05, 4.69) is 31.2 Å². The molecule has 220 valence electrons. The third kappa shape index (κ3) is 7.65. The van der Waals surface area contributed by atoms with Gasteiger partial charge in [0.15, 0.2) is 17.5 Å². The molecule has 0 unspecified atom stereocenters. The maximum Gasteiger partial charge on any atom is 0.194 e. The van der Waals surface area contributed by atoms with Crippen LogP contribution >= 0.6 is 0 Å². The molecule has 0 bridgehead atoms. The molecule has 0 heterocycles. The van der Waals surface area contributed by atoms with Crippen LogP contribution in [0.1, 0.15) is 133 Å². The zero-order valence-electron chi connectivity index (χ0n) is 24.5. The Balaban J connectivity index is 0.959. The Labute approximate surface area is 240 Å². The van der Waals surface area contributed by atoms with Crippen molar-refractivity contribution in [2.24, 2.45) is 23.7 Å². The molecule has 5 rings (SSSR count). The topological polar surface area (TPSA) is 9.23 Å². The van der Waals surface area contributed by atoms with Crippen molar-refractivity contribution in [2.75, 3.05) is 6.61 Å². The first-order valence-corrected chi connectivity index (χ1v) is 16.4. The second-order valence-electron chi connectivity index (χ2n) is 13.3. The summed E-state index contributed by atoms with van der Waals surface area (Å²) in [6, 6.07) is 11.4. The molecular formula is C36H49F3O. The molecule has 3 aliphatic carbocycles. The van der Waals surface area contributed by atoms with E-state index in [1.54, 1.807) is 0 Å². The Morgan fingerprint density at radius 2 is 1.12 bits per heavy atom. The van der Waals surface area contributed by atoms with E-state index in [1.165, 1.54) is 88.3 Å². The Morgan fingerprint density at radius 3 is 1.73 bits per heavy atom. The predicted octanol–water partition coefficient (Wildman–Crippen LogP) is 11.1. The highest BCUT2D eigenvalue weighted by Crippen LogP contribution is 2.45. The fourth-order valence-corrected chi connectivity index (χ4v) is 8.27. The third-order valence-electron chi connectivity index (χ3n) is 10.7. The molecule has 0 saturated heterocycles. The van der Waals surface area contributed by atoms with Gasteiger partial charge in [-0.1, -0.05) is 44.7 Å². The number of benzene rings is 2. The Morgan fingerprint density at radius 1 is 0.625 bits per heavy atom. The fourth-order valence-electron chi connectivity index (χ4n) is 8.27. The van der Waals surface area contributed by atoms with Crippen LogP contribution < -0.4 is 4.74 Å². The van der Waals surface area contributed by atoms with Crippen molar-refractivity contribution < 1.29 is 17.9 Å². The molecule has 40 heavy (non-hydrogen) atoms. The minimum absolute atomic E-state index is 0.152. The summed E-state index contributed by atoms with van der Waals surface area (Å²) in [5.74, 6) is 1.69. The van der Waals surface area contributed by atoms with Gasteiger partial charge in [-0.2, -0.15) is 0 Å². The normalized spacial score (nSPS) is 29.3. The molecule has 0 aromatic heterocycles. The van der Waals surface area contributed by atoms with E-state index in [9.17, 15) is 13.2 Å². The van der Waals surface area contributed by atoms with Crippen LogP contribution in [-0.4, -0.2) is 6.61 Å². The molecule has 0 amide bonds. The largest absolute Gasteiger partial charge is 0.494 e. The molecular weight excluding hydrogens is 505 g/mol. The summed E-state index contributed by atoms with van der Waals surface area (Å²) in [7, 11) is 0. The van der Waals surface area contributed by atoms with Crippen LogP contribution in [0.15, 0.2) is 36.4 Å². The zero-order valence-corrected chi connectivity index (χ0v) is 24.5. The summed E-state index contributed by atoms with van der Waals surface area (Å²) in [4.78, 5) is 0. The van der Waals surface area contributed by atoms with Crippen molar-refractivity contribution >= 4 is 0 Å². The Hall–Kier alpha value is -1.97. The summed E-state index contributed by atoms with van der Waals surface area (Å²) in [6.45, 7) is 3.11. The quantitative estimate of drug-likeness (QED) is 0.210. The van der Waals surface area contributed by atoms with Gasteiger partial charge in [-0.25, -0.2) is 13.2 Å². The SMILES string of the molecule is CCCC1CCC(c2ccc(OCCCC3CCC(C4CCC(c5cc(F)c(F)c(F)c5)CC4)CC3)cc2)CC1. The summed E-state index contributed by atoms with van der Waals surface area (Å²) >= 11 is 0. The molecule has 1 nitrogen and oxygen atoms in total. The number of ether oxygens (including phenoxy) is 1. The smallest absolute Gasteiger partial charge is 0.194 e. The van der Waals surface area contributed by atoms with Crippen molar-refractivity contribution in [3.8, 4) is 5.75 Å². The highest BCUT2D eigenvalue weighted by Gasteiger charge is 2.32. The maximum absolute atomic E-state index is 13.7. The first-order chi connectivity index (χ1) is 19.5. The molecule has 0 aliphatic heterocycles. The minimum atomic E-state index is -1.36. The molecule has 0 radical (unpaired) electrons. The molecule has 3 saturated carbocycles. The summed E-state index contributed by atoms with van der Waals surface area (Å²) in [6.07, 6.45) is 19.9. The molecule has 0 N–H and O–H groups in total. The van der Waals surface area contributed by atoms with Crippen LogP contribution in [0.5, 0.6) is 5.75 Å². The first-order valence-electron chi connectivity index (χ1n) is 16.4. The van der Waals surface area contributed by atoms with Crippen LogP contribution in [0.3, 0.4) is 0 Å². The highest BCUT2D eigenvalue weighted by molar-refractivity contribution is 5.29. The Kier molecular flexibility index (Phi) is 10.5. The van der Waals surface area contributed by atoms with Crippen molar-refractivity contribution in [3.63, 3.8) is 0 Å². The fraction of sp³-hybridized carbons (Fsp3) is 0.667. The van der Waals surface area contributed by atoms with E-state index in [1.807, 2.05) is 0 Å². The molecule has 0 spiro atoms. The average Bonchev–Trinajstić information content (AvgIpc) is 2.99. The van der Waals surface area contributed by atoms with Crippen molar-refractivity contribution in [1.29, 1.82) is 0 Å². The number of halogens is 3. The molecule has 2 aromatic rings. The van der Waals surface area contributed by atoms with E-state index in [4.69, 9.17) is 4.74 Å². The van der Waals surface area contributed by atoms with Gasteiger partial charge in [-0.3, -0.25) is 0 Å². The lowest BCUT2D eigenvalue weighted by molar-refractivity contribution is 0.153. The maximum atomic E-state index is 13.7. The minimum Gasteiger partial charge on any atom is -0.494 e. The molecule has 2 aromatic carbocycles. The van der Waals surface area contributed by atoms with Gasteiger partial charge in [0.05, 0.1) is 6.61 Å². The Bertz CT molecular complexity index is 1020. The number of hydrogen-bond donors (Lipinski definition) is 0. The number of rotatable bonds is 10. The lowest BCUT2D eigenvalue weighted by atomic mass is 9.68. The lowest BCUT2D eigenvalue weighted by Crippen LogP contribution is -2.25. The van der Waals surface area contributed by atoms with Crippen molar-refractivity contribution in [2.45, 2.75) is 121 Å². The van der Waals surface area contributed by atoms with Crippen LogP contribution in [0.4, 0.5) is 13.2 Å². The van der Waals surface area contributed by atoms with E-state index in [0.717, 1.165) is 74.1 Å². The standard InChI is InChI=1S/C36H49F3O/c1-2-4-25-6-10-28(11-7-25)30-18-20-33(21-19-30)40-22-3-5-26-8-12-27(13-9-26)29-14-16-31(17-15-29)32-23-34(37)36(39)35(38)24-32/h18-21,23-29,31H,2-17,22H2,1H3. The molecule has 4 heteroatoms. The van der Waals surface area contributed by atoms with E-state index >= 15 is 0 Å². The van der Waals surface area contributed by atoms with Crippen LogP contribution in [-0.2, 0) is 0 Å². The van der Waals surface area contributed by atoms with Crippen molar-refractivity contribution in [3.05, 3.63) is 65.0 Å². The van der Waals surface area contributed by atoms with Gasteiger partial charge in [0.1, 0.15) is 5.75 Å². The van der Waals surface area contributed by atoms with Gasteiger partial charge in [0, 0.05) is 0 Å². The van der Waals surface area contributed by atoms with E-state index < -0.39 is 17.5 Å². The van der Waals surface area contributed by atoms with Crippen LogP contribution in [0.25, 0.3) is 0 Å².